The Kier molecular flexibility index (Phi) is 7.56. The molecule has 0 bridgehead atoms. The van der Waals surface area contributed by atoms with Gasteiger partial charge in [0.05, 0.1) is 0 Å². The van der Waals surface area contributed by atoms with Crippen LogP contribution in [0.15, 0.2) is 0 Å². The Balaban J connectivity index is 1.23. The number of rotatable bonds is 5. The molecule has 208 valence electrons. The van der Waals surface area contributed by atoms with Crippen LogP contribution in [0, 0.1) is 69.0 Å². The summed E-state index contributed by atoms with van der Waals surface area (Å²) in [6, 6.07) is 0. The van der Waals surface area contributed by atoms with E-state index in [1.54, 1.807) is 32.1 Å². The molecule has 5 aliphatic carbocycles. The minimum Gasteiger partial charge on any atom is -0.0622 e. The van der Waals surface area contributed by atoms with E-state index in [0.717, 1.165) is 47.3 Å². The molecular formula is C36H64. The van der Waals surface area contributed by atoms with E-state index in [4.69, 9.17) is 0 Å². The van der Waals surface area contributed by atoms with Gasteiger partial charge in [-0.15, -0.1) is 0 Å². The summed E-state index contributed by atoms with van der Waals surface area (Å²) in [5.74, 6) is 8.04. The smallest absolute Gasteiger partial charge is 0.0264 e. The van der Waals surface area contributed by atoms with Crippen LogP contribution in [0.4, 0.5) is 0 Å². The SMILES string of the molecule is C[C@H](CC[C@@H](C)[C@H]1CC[C@H]2[C@@H]3CC[C@H]4C[C@](C)(C(C)(C)C)CC[C@]4(C)[C@H]3CC[C@]12C)C1CCCCC1. The van der Waals surface area contributed by atoms with Crippen molar-refractivity contribution in [3.63, 3.8) is 0 Å². The molecule has 0 aromatic rings. The van der Waals surface area contributed by atoms with Gasteiger partial charge in [-0.25, -0.2) is 0 Å². The molecule has 5 fully saturated rings. The lowest BCUT2D eigenvalue weighted by Crippen LogP contribution is -2.55. The summed E-state index contributed by atoms with van der Waals surface area (Å²) in [5, 5.41) is 0. The van der Waals surface area contributed by atoms with Crippen LogP contribution in [0.3, 0.4) is 0 Å². The van der Waals surface area contributed by atoms with Gasteiger partial charge in [0.25, 0.3) is 0 Å². The molecule has 0 spiro atoms. The molecule has 0 radical (unpaired) electrons. The van der Waals surface area contributed by atoms with E-state index in [-0.39, 0.29) is 0 Å². The van der Waals surface area contributed by atoms with E-state index in [0.29, 0.717) is 21.7 Å². The first-order valence-electron chi connectivity index (χ1n) is 16.9. The zero-order valence-corrected chi connectivity index (χ0v) is 25.9. The summed E-state index contributed by atoms with van der Waals surface area (Å²) in [6.07, 6.45) is 24.3. The van der Waals surface area contributed by atoms with Crippen molar-refractivity contribution in [2.45, 2.75) is 158 Å². The fourth-order valence-electron chi connectivity index (χ4n) is 11.8. The molecule has 36 heavy (non-hydrogen) atoms. The van der Waals surface area contributed by atoms with Gasteiger partial charge in [0.2, 0.25) is 0 Å². The number of fused-ring (bicyclic) bond motifs is 5. The highest BCUT2D eigenvalue weighted by Crippen LogP contribution is 2.70. The summed E-state index contributed by atoms with van der Waals surface area (Å²) in [7, 11) is 0. The van der Waals surface area contributed by atoms with Crippen LogP contribution < -0.4 is 0 Å². The predicted molar refractivity (Wildman–Crippen MR) is 157 cm³/mol. The van der Waals surface area contributed by atoms with Gasteiger partial charge < -0.3 is 0 Å². The molecule has 5 aliphatic rings. The van der Waals surface area contributed by atoms with Gasteiger partial charge in [-0.3, -0.25) is 0 Å². The van der Waals surface area contributed by atoms with E-state index in [1.165, 1.54) is 70.6 Å². The maximum Gasteiger partial charge on any atom is -0.0264 e. The van der Waals surface area contributed by atoms with E-state index < -0.39 is 0 Å². The summed E-state index contributed by atoms with van der Waals surface area (Å²) >= 11 is 0. The Hall–Kier alpha value is 0. The second kappa shape index (κ2) is 9.88. The van der Waals surface area contributed by atoms with E-state index in [2.05, 4.69) is 55.4 Å². The predicted octanol–water partition coefficient (Wildman–Crippen LogP) is 11.3. The van der Waals surface area contributed by atoms with Gasteiger partial charge in [0, 0.05) is 0 Å². The highest BCUT2D eigenvalue weighted by Gasteiger charge is 2.62. The van der Waals surface area contributed by atoms with Gasteiger partial charge in [-0.1, -0.05) is 100 Å². The van der Waals surface area contributed by atoms with Crippen LogP contribution >= 0.6 is 0 Å². The van der Waals surface area contributed by atoms with E-state index in [1.807, 2.05) is 0 Å². The zero-order valence-electron chi connectivity index (χ0n) is 25.9. The first kappa shape index (κ1) is 27.6. The average Bonchev–Trinajstić information content (AvgIpc) is 3.20. The maximum atomic E-state index is 2.79. The zero-order chi connectivity index (χ0) is 25.9. The van der Waals surface area contributed by atoms with E-state index in [9.17, 15) is 0 Å². The molecule has 0 aromatic carbocycles. The molecule has 10 atom stereocenters. The lowest BCUT2D eigenvalue weighted by atomic mass is 9.41. The highest BCUT2D eigenvalue weighted by atomic mass is 14.7. The Bertz CT molecular complexity index is 752. The lowest BCUT2D eigenvalue weighted by Gasteiger charge is -2.64. The quantitative estimate of drug-likeness (QED) is 0.355. The minimum absolute atomic E-state index is 0.444. The first-order chi connectivity index (χ1) is 16.9. The Morgan fingerprint density at radius 1 is 0.667 bits per heavy atom. The fraction of sp³-hybridized carbons (Fsp3) is 1.00. The summed E-state index contributed by atoms with van der Waals surface area (Å²) in [6.45, 7) is 21.0. The van der Waals surface area contributed by atoms with Crippen LogP contribution in [0.25, 0.3) is 0 Å². The third-order valence-electron chi connectivity index (χ3n) is 15.1. The first-order valence-corrected chi connectivity index (χ1v) is 16.9. The van der Waals surface area contributed by atoms with Crippen LogP contribution in [0.1, 0.15) is 158 Å². The molecule has 0 N–H and O–H groups in total. The van der Waals surface area contributed by atoms with Crippen LogP contribution in [-0.2, 0) is 0 Å². The van der Waals surface area contributed by atoms with Crippen LogP contribution in [0.2, 0.25) is 0 Å². The van der Waals surface area contributed by atoms with Crippen molar-refractivity contribution in [3.8, 4) is 0 Å². The third-order valence-corrected chi connectivity index (χ3v) is 15.1. The fourth-order valence-corrected chi connectivity index (χ4v) is 11.8. The van der Waals surface area contributed by atoms with Crippen LogP contribution in [0.5, 0.6) is 0 Å². The second-order valence-electron chi connectivity index (χ2n) is 17.3. The molecule has 0 saturated heterocycles. The lowest BCUT2D eigenvalue weighted by molar-refractivity contribution is -0.145. The highest BCUT2D eigenvalue weighted by molar-refractivity contribution is 5.11. The molecule has 0 amide bonds. The van der Waals surface area contributed by atoms with Crippen molar-refractivity contribution in [3.05, 3.63) is 0 Å². The van der Waals surface area contributed by atoms with Crippen molar-refractivity contribution in [2.24, 2.45) is 69.0 Å². The molecule has 5 saturated carbocycles. The largest absolute Gasteiger partial charge is 0.0622 e. The van der Waals surface area contributed by atoms with Gasteiger partial charge in [-0.2, -0.15) is 0 Å². The maximum absolute atomic E-state index is 2.79. The molecule has 0 heterocycles. The standard InChI is InChI=1S/C36H64/c1-25(27-12-10-9-11-13-27)14-15-26(2)30-18-19-31-29-17-16-28-24-34(6,33(3,4)5)22-23-35(28,7)32(29)20-21-36(30,31)8/h25-32H,9-24H2,1-8H3/t25-,26-,28+,29+,30-,31+,32+,34-,35+,36-/m1/s1. The molecule has 0 heteroatoms. The van der Waals surface area contributed by atoms with E-state index >= 15 is 0 Å². The summed E-state index contributed by atoms with van der Waals surface area (Å²) < 4.78 is 0. The molecular weight excluding hydrogens is 432 g/mol. The normalized spacial score (nSPS) is 47.5. The number of hydrogen-bond donors (Lipinski definition) is 0. The summed E-state index contributed by atoms with van der Waals surface area (Å²) in [5.41, 5.74) is 2.26. The molecule has 0 nitrogen and oxygen atoms in total. The summed E-state index contributed by atoms with van der Waals surface area (Å²) in [4.78, 5) is 0. The van der Waals surface area contributed by atoms with Gasteiger partial charge >= 0.3 is 0 Å². The van der Waals surface area contributed by atoms with Crippen molar-refractivity contribution >= 4 is 0 Å². The monoisotopic (exact) mass is 497 g/mol. The Morgan fingerprint density at radius 3 is 2.03 bits per heavy atom. The van der Waals surface area contributed by atoms with Gasteiger partial charge in [0.1, 0.15) is 0 Å². The number of hydrogen-bond acceptors (Lipinski definition) is 0. The van der Waals surface area contributed by atoms with Crippen LogP contribution in [-0.4, -0.2) is 0 Å². The van der Waals surface area contributed by atoms with Crippen molar-refractivity contribution in [1.82, 2.24) is 0 Å². The van der Waals surface area contributed by atoms with Gasteiger partial charge in [-0.05, 0) is 127 Å². The second-order valence-corrected chi connectivity index (χ2v) is 17.3. The van der Waals surface area contributed by atoms with Crippen molar-refractivity contribution < 1.29 is 0 Å². The molecule has 0 aromatic heterocycles. The third kappa shape index (κ3) is 4.57. The van der Waals surface area contributed by atoms with Crippen molar-refractivity contribution in [2.75, 3.05) is 0 Å². The van der Waals surface area contributed by atoms with Gasteiger partial charge in [0.15, 0.2) is 0 Å². The Morgan fingerprint density at radius 2 is 1.33 bits per heavy atom. The molecule has 5 rings (SSSR count). The average molecular weight is 497 g/mol. The topological polar surface area (TPSA) is 0 Å². The molecule has 0 unspecified atom stereocenters. The van der Waals surface area contributed by atoms with Crippen molar-refractivity contribution in [1.29, 1.82) is 0 Å². The molecule has 0 aliphatic heterocycles. The minimum atomic E-state index is 0.444. The Labute approximate surface area is 226 Å².